The molecule has 108 valence electrons. The van der Waals surface area contributed by atoms with Crippen LogP contribution in [0.5, 0.6) is 0 Å². The highest BCUT2D eigenvalue weighted by molar-refractivity contribution is 7.17. The number of carbonyl (C=O) groups excluding carboxylic acids is 1. The maximum Gasteiger partial charge on any atom is 0.356 e. The van der Waals surface area contributed by atoms with E-state index >= 15 is 0 Å². The molecule has 1 saturated carbocycles. The lowest BCUT2D eigenvalue weighted by Gasteiger charge is -2.01. The topological polar surface area (TPSA) is 79.3 Å². The van der Waals surface area contributed by atoms with Crippen molar-refractivity contribution >= 4 is 28.2 Å². The lowest BCUT2D eigenvalue weighted by Crippen LogP contribution is -2.06. The van der Waals surface area contributed by atoms with Gasteiger partial charge in [-0.15, -0.1) is 0 Å². The number of carbonyl (C=O) groups is 2. The van der Waals surface area contributed by atoms with Gasteiger partial charge in [-0.2, -0.15) is 0 Å². The van der Waals surface area contributed by atoms with Crippen molar-refractivity contribution in [1.82, 2.24) is 4.98 Å². The number of nitrogens with one attached hydrogen (secondary N) is 1. The number of carboxylic acid groups (broad SMARTS) is 1. The molecule has 21 heavy (non-hydrogen) atoms. The van der Waals surface area contributed by atoms with E-state index in [1.165, 1.54) is 12.5 Å². The summed E-state index contributed by atoms with van der Waals surface area (Å²) in [5, 5.41) is 12.8. The van der Waals surface area contributed by atoms with E-state index in [1.807, 2.05) is 18.2 Å². The van der Waals surface area contributed by atoms with Crippen LogP contribution < -0.4 is 5.32 Å². The zero-order valence-corrected chi connectivity index (χ0v) is 12.2. The van der Waals surface area contributed by atoms with E-state index in [0.29, 0.717) is 11.0 Å². The van der Waals surface area contributed by atoms with E-state index in [1.54, 1.807) is 0 Å². The first-order valence-corrected chi connectivity index (χ1v) is 7.44. The number of thiazole rings is 1. The summed E-state index contributed by atoms with van der Waals surface area (Å²) in [6.07, 6.45) is 0.988. The average molecular weight is 302 g/mol. The van der Waals surface area contributed by atoms with Crippen molar-refractivity contribution in [2.45, 2.75) is 25.3 Å². The summed E-state index contributed by atoms with van der Waals surface area (Å²) >= 11 is 1.11. The Hall–Kier alpha value is -2.21. The van der Waals surface area contributed by atoms with Gasteiger partial charge in [0.25, 0.3) is 0 Å². The Balaban J connectivity index is 1.74. The van der Waals surface area contributed by atoms with Crippen molar-refractivity contribution in [3.8, 4) is 0 Å². The van der Waals surface area contributed by atoms with Crippen molar-refractivity contribution in [2.75, 3.05) is 5.32 Å². The van der Waals surface area contributed by atoms with Crippen LogP contribution in [0.1, 0.15) is 45.0 Å². The fourth-order valence-electron chi connectivity index (χ4n) is 2.35. The van der Waals surface area contributed by atoms with Gasteiger partial charge < -0.3 is 10.4 Å². The van der Waals surface area contributed by atoms with Crippen LogP contribution in [0.25, 0.3) is 0 Å². The molecule has 1 aromatic heterocycles. The molecule has 2 N–H and O–H groups in total. The number of carboxylic acids is 1. The number of ketones is 1. The molecule has 1 heterocycles. The smallest absolute Gasteiger partial charge is 0.356 e. The van der Waals surface area contributed by atoms with Gasteiger partial charge in [-0.25, -0.2) is 9.78 Å². The maximum absolute atomic E-state index is 11.5. The van der Waals surface area contributed by atoms with Gasteiger partial charge in [0, 0.05) is 18.9 Å². The molecular formula is C15H14N2O3S. The molecule has 1 fully saturated rings. The van der Waals surface area contributed by atoms with Crippen molar-refractivity contribution in [3.63, 3.8) is 0 Å². The standard InChI is InChI=1S/C15H14N2O3S/c1-8(18)13-12(14(19)20)17-15(21-13)16-11-7-10(11)9-5-3-2-4-6-9/h2-6,10-11H,7H2,1H3,(H,16,17)(H,19,20). The normalized spacial score (nSPS) is 20.0. The molecule has 0 radical (unpaired) electrons. The molecule has 2 atom stereocenters. The molecule has 1 aliphatic rings. The molecule has 0 spiro atoms. The second kappa shape index (κ2) is 5.29. The Morgan fingerprint density at radius 3 is 2.62 bits per heavy atom. The summed E-state index contributed by atoms with van der Waals surface area (Å²) < 4.78 is 0. The average Bonchev–Trinajstić information content (AvgIpc) is 3.07. The van der Waals surface area contributed by atoms with Crippen LogP contribution in [0.15, 0.2) is 30.3 Å². The quantitative estimate of drug-likeness (QED) is 0.830. The number of Topliss-reactive ketones (excluding diaryl/α,β-unsaturated/α-hetero) is 1. The Morgan fingerprint density at radius 1 is 1.33 bits per heavy atom. The van der Waals surface area contributed by atoms with Gasteiger partial charge in [0.05, 0.1) is 0 Å². The Kier molecular flexibility index (Phi) is 3.47. The maximum atomic E-state index is 11.5. The molecular weight excluding hydrogens is 288 g/mol. The van der Waals surface area contributed by atoms with Gasteiger partial charge in [-0.05, 0) is 12.0 Å². The first-order valence-electron chi connectivity index (χ1n) is 6.63. The van der Waals surface area contributed by atoms with Gasteiger partial charge in [0.15, 0.2) is 16.6 Å². The van der Waals surface area contributed by atoms with Crippen LogP contribution >= 0.6 is 11.3 Å². The fourth-order valence-corrected chi connectivity index (χ4v) is 3.26. The van der Waals surface area contributed by atoms with Crippen LogP contribution in [0.4, 0.5) is 5.13 Å². The molecule has 0 aliphatic heterocycles. The van der Waals surface area contributed by atoms with Crippen molar-refractivity contribution in [2.24, 2.45) is 0 Å². The summed E-state index contributed by atoms with van der Waals surface area (Å²) in [5.74, 6) is -1.02. The van der Waals surface area contributed by atoms with E-state index in [-0.39, 0.29) is 22.4 Å². The summed E-state index contributed by atoms with van der Waals surface area (Å²) in [4.78, 5) is 26.8. The molecule has 1 aliphatic carbocycles. The minimum atomic E-state index is -1.17. The van der Waals surface area contributed by atoms with E-state index < -0.39 is 5.97 Å². The largest absolute Gasteiger partial charge is 0.476 e. The second-order valence-electron chi connectivity index (χ2n) is 5.06. The number of nitrogens with zero attached hydrogens (tertiary/aromatic N) is 1. The molecule has 0 bridgehead atoms. The number of rotatable bonds is 5. The predicted octanol–water partition coefficient (Wildman–Crippen LogP) is 3.01. The predicted molar refractivity (Wildman–Crippen MR) is 80.3 cm³/mol. The Bertz CT molecular complexity index is 665. The monoisotopic (exact) mass is 302 g/mol. The van der Waals surface area contributed by atoms with Crippen LogP contribution in [0.3, 0.4) is 0 Å². The highest BCUT2D eigenvalue weighted by Crippen LogP contribution is 2.43. The minimum Gasteiger partial charge on any atom is -0.476 e. The number of hydrogen-bond donors (Lipinski definition) is 2. The second-order valence-corrected chi connectivity index (χ2v) is 6.06. The van der Waals surface area contributed by atoms with Crippen LogP contribution in [-0.2, 0) is 0 Å². The zero-order chi connectivity index (χ0) is 15.0. The van der Waals surface area contributed by atoms with E-state index in [9.17, 15) is 9.59 Å². The van der Waals surface area contributed by atoms with Gasteiger partial charge in [-0.3, -0.25) is 4.79 Å². The zero-order valence-electron chi connectivity index (χ0n) is 11.4. The number of aromatic carboxylic acids is 1. The van der Waals surface area contributed by atoms with E-state index in [4.69, 9.17) is 5.11 Å². The first-order chi connectivity index (χ1) is 10.1. The fraction of sp³-hybridized carbons (Fsp3) is 0.267. The highest BCUT2D eigenvalue weighted by atomic mass is 32.1. The third-order valence-corrected chi connectivity index (χ3v) is 4.56. The van der Waals surface area contributed by atoms with Gasteiger partial charge in [0.2, 0.25) is 0 Å². The number of benzene rings is 1. The number of hydrogen-bond acceptors (Lipinski definition) is 5. The Labute approximate surface area is 125 Å². The third kappa shape index (κ3) is 2.80. The molecule has 1 aromatic carbocycles. The summed E-state index contributed by atoms with van der Waals surface area (Å²) in [7, 11) is 0. The molecule has 0 amide bonds. The molecule has 3 rings (SSSR count). The highest BCUT2D eigenvalue weighted by Gasteiger charge is 2.39. The summed E-state index contributed by atoms with van der Waals surface area (Å²) in [5.41, 5.74) is 1.10. The van der Waals surface area contributed by atoms with Gasteiger partial charge >= 0.3 is 5.97 Å². The third-order valence-electron chi connectivity index (χ3n) is 3.48. The van der Waals surface area contributed by atoms with Crippen molar-refractivity contribution < 1.29 is 14.7 Å². The number of anilines is 1. The van der Waals surface area contributed by atoms with E-state index in [2.05, 4.69) is 22.4 Å². The Morgan fingerprint density at radius 2 is 2.05 bits per heavy atom. The lowest BCUT2D eigenvalue weighted by molar-refractivity contribution is 0.0687. The minimum absolute atomic E-state index is 0.160. The van der Waals surface area contributed by atoms with E-state index in [0.717, 1.165) is 17.8 Å². The van der Waals surface area contributed by atoms with Crippen molar-refractivity contribution in [3.05, 3.63) is 46.5 Å². The molecule has 0 saturated heterocycles. The van der Waals surface area contributed by atoms with Crippen LogP contribution in [0, 0.1) is 0 Å². The summed E-state index contributed by atoms with van der Waals surface area (Å²) in [6, 6.07) is 10.4. The molecule has 2 unspecified atom stereocenters. The van der Waals surface area contributed by atoms with Gasteiger partial charge in [0.1, 0.15) is 4.88 Å². The first kappa shape index (κ1) is 13.8. The van der Waals surface area contributed by atoms with Crippen LogP contribution in [-0.4, -0.2) is 27.9 Å². The molecule has 2 aromatic rings. The van der Waals surface area contributed by atoms with Gasteiger partial charge in [-0.1, -0.05) is 41.7 Å². The summed E-state index contributed by atoms with van der Waals surface area (Å²) in [6.45, 7) is 1.35. The molecule has 5 nitrogen and oxygen atoms in total. The lowest BCUT2D eigenvalue weighted by atomic mass is 10.1. The number of aromatic nitrogens is 1. The SMILES string of the molecule is CC(=O)c1sc(NC2CC2c2ccccc2)nc1C(=O)O. The molecule has 6 heteroatoms. The van der Waals surface area contributed by atoms with Crippen molar-refractivity contribution in [1.29, 1.82) is 0 Å². The van der Waals surface area contributed by atoms with Crippen LogP contribution in [0.2, 0.25) is 0 Å².